The Labute approximate surface area is 95.9 Å². The molecule has 16 heavy (non-hydrogen) atoms. The smallest absolute Gasteiger partial charge is 0.220 e. The van der Waals surface area contributed by atoms with E-state index in [1.54, 1.807) is 0 Å². The lowest BCUT2D eigenvalue weighted by Crippen LogP contribution is -2.39. The van der Waals surface area contributed by atoms with Crippen LogP contribution in [0.15, 0.2) is 0 Å². The van der Waals surface area contributed by atoms with E-state index in [0.717, 1.165) is 32.1 Å². The second-order valence-corrected chi connectivity index (χ2v) is 4.41. The summed E-state index contributed by atoms with van der Waals surface area (Å²) in [5.41, 5.74) is 10.6. The number of rotatable bonds is 5. The van der Waals surface area contributed by atoms with Gasteiger partial charge >= 0.3 is 0 Å². The van der Waals surface area contributed by atoms with Gasteiger partial charge in [0, 0.05) is 18.4 Å². The zero-order chi connectivity index (χ0) is 12.0. The molecule has 2 amide bonds. The summed E-state index contributed by atoms with van der Waals surface area (Å²) in [5, 5.41) is 2.97. The highest BCUT2D eigenvalue weighted by atomic mass is 16.2. The second-order valence-electron chi connectivity index (χ2n) is 4.41. The molecule has 0 aromatic carbocycles. The van der Waals surface area contributed by atoms with Crippen LogP contribution in [0.25, 0.3) is 0 Å². The SMILES string of the molecule is NCCCC(=O)NC1CCC(C(N)=O)CC1. The number of carbonyl (C=O) groups excluding carboxylic acids is 2. The molecule has 0 aromatic rings. The zero-order valence-electron chi connectivity index (χ0n) is 9.58. The molecule has 1 fully saturated rings. The Kier molecular flexibility index (Phi) is 5.25. The van der Waals surface area contributed by atoms with E-state index in [4.69, 9.17) is 11.5 Å². The molecular formula is C11H21N3O2. The van der Waals surface area contributed by atoms with Crippen LogP contribution in [0, 0.1) is 5.92 Å². The highest BCUT2D eigenvalue weighted by Gasteiger charge is 2.25. The topological polar surface area (TPSA) is 98.2 Å². The molecule has 0 spiro atoms. The number of nitrogens with one attached hydrogen (secondary N) is 1. The molecule has 1 saturated carbocycles. The van der Waals surface area contributed by atoms with Crippen LogP contribution in [0.3, 0.4) is 0 Å². The molecule has 92 valence electrons. The molecule has 0 radical (unpaired) electrons. The number of hydrogen-bond donors (Lipinski definition) is 3. The molecule has 5 nitrogen and oxygen atoms in total. The van der Waals surface area contributed by atoms with Crippen molar-refractivity contribution < 1.29 is 9.59 Å². The maximum Gasteiger partial charge on any atom is 0.220 e. The van der Waals surface area contributed by atoms with Gasteiger partial charge in [-0.2, -0.15) is 0 Å². The number of amides is 2. The molecule has 1 rings (SSSR count). The van der Waals surface area contributed by atoms with Crippen molar-refractivity contribution in [2.24, 2.45) is 17.4 Å². The quantitative estimate of drug-likeness (QED) is 0.611. The summed E-state index contributed by atoms with van der Waals surface area (Å²) in [7, 11) is 0. The standard InChI is InChI=1S/C11H21N3O2/c12-7-1-2-10(15)14-9-5-3-8(4-6-9)11(13)16/h8-9H,1-7,12H2,(H2,13,16)(H,14,15). The average Bonchev–Trinajstić information content (AvgIpc) is 2.27. The highest BCUT2D eigenvalue weighted by molar-refractivity contribution is 5.77. The number of primary amides is 1. The Morgan fingerprint density at radius 2 is 1.81 bits per heavy atom. The lowest BCUT2D eigenvalue weighted by atomic mass is 9.85. The summed E-state index contributed by atoms with van der Waals surface area (Å²) in [6.45, 7) is 0.543. The van der Waals surface area contributed by atoms with Gasteiger partial charge in [-0.05, 0) is 38.6 Å². The van der Waals surface area contributed by atoms with Gasteiger partial charge < -0.3 is 16.8 Å². The minimum atomic E-state index is -0.215. The van der Waals surface area contributed by atoms with Gasteiger partial charge in [0.15, 0.2) is 0 Å². The van der Waals surface area contributed by atoms with Crippen molar-refractivity contribution in [3.8, 4) is 0 Å². The first-order valence-electron chi connectivity index (χ1n) is 5.92. The van der Waals surface area contributed by atoms with E-state index >= 15 is 0 Å². The fraction of sp³-hybridized carbons (Fsp3) is 0.818. The number of carbonyl (C=O) groups is 2. The maximum absolute atomic E-state index is 11.4. The normalized spacial score (nSPS) is 25.1. The van der Waals surface area contributed by atoms with Gasteiger partial charge in [-0.1, -0.05) is 0 Å². The monoisotopic (exact) mass is 227 g/mol. The molecule has 1 aliphatic carbocycles. The lowest BCUT2D eigenvalue weighted by Gasteiger charge is -2.27. The van der Waals surface area contributed by atoms with E-state index in [-0.39, 0.29) is 23.8 Å². The van der Waals surface area contributed by atoms with Crippen LogP contribution in [0.5, 0.6) is 0 Å². The molecule has 0 unspecified atom stereocenters. The van der Waals surface area contributed by atoms with Gasteiger partial charge in [0.2, 0.25) is 11.8 Å². The zero-order valence-corrected chi connectivity index (χ0v) is 9.58. The lowest BCUT2D eigenvalue weighted by molar-refractivity contribution is -0.123. The van der Waals surface area contributed by atoms with Gasteiger partial charge in [0.05, 0.1) is 0 Å². The van der Waals surface area contributed by atoms with Crippen LogP contribution >= 0.6 is 0 Å². The highest BCUT2D eigenvalue weighted by Crippen LogP contribution is 2.23. The first-order chi connectivity index (χ1) is 7.63. The van der Waals surface area contributed by atoms with Crippen LogP contribution in [-0.2, 0) is 9.59 Å². The van der Waals surface area contributed by atoms with E-state index in [0.29, 0.717) is 13.0 Å². The van der Waals surface area contributed by atoms with Gasteiger partial charge in [0.1, 0.15) is 0 Å². The van der Waals surface area contributed by atoms with E-state index in [1.807, 2.05) is 0 Å². The van der Waals surface area contributed by atoms with Crippen molar-refractivity contribution in [1.29, 1.82) is 0 Å². The Bertz CT molecular complexity index is 248. The molecule has 0 heterocycles. The summed E-state index contributed by atoms with van der Waals surface area (Å²) in [6.07, 6.45) is 4.49. The van der Waals surface area contributed by atoms with Gasteiger partial charge in [0.25, 0.3) is 0 Å². The van der Waals surface area contributed by atoms with E-state index in [9.17, 15) is 9.59 Å². The Hall–Kier alpha value is -1.10. The van der Waals surface area contributed by atoms with Crippen molar-refractivity contribution in [2.45, 2.75) is 44.6 Å². The number of hydrogen-bond acceptors (Lipinski definition) is 3. The predicted molar refractivity (Wildman–Crippen MR) is 61.4 cm³/mol. The maximum atomic E-state index is 11.4. The Morgan fingerprint density at radius 1 is 1.19 bits per heavy atom. The predicted octanol–water partition coefficient (Wildman–Crippen LogP) is -0.114. The molecule has 0 bridgehead atoms. The molecule has 0 saturated heterocycles. The van der Waals surface area contributed by atoms with Crippen molar-refractivity contribution in [1.82, 2.24) is 5.32 Å². The molecule has 1 aliphatic rings. The van der Waals surface area contributed by atoms with Crippen molar-refractivity contribution in [3.05, 3.63) is 0 Å². The summed E-state index contributed by atoms with van der Waals surface area (Å²) >= 11 is 0. The third-order valence-corrected chi connectivity index (χ3v) is 3.10. The van der Waals surface area contributed by atoms with E-state index in [2.05, 4.69) is 5.32 Å². The molecule has 5 N–H and O–H groups in total. The van der Waals surface area contributed by atoms with Crippen molar-refractivity contribution in [2.75, 3.05) is 6.54 Å². The van der Waals surface area contributed by atoms with Crippen LogP contribution in [0.2, 0.25) is 0 Å². The fourth-order valence-corrected chi connectivity index (χ4v) is 2.08. The minimum absolute atomic E-state index is 0.00260. The van der Waals surface area contributed by atoms with Crippen LogP contribution < -0.4 is 16.8 Å². The summed E-state index contributed by atoms with van der Waals surface area (Å²) in [6, 6.07) is 0.209. The summed E-state index contributed by atoms with van der Waals surface area (Å²) < 4.78 is 0. The Morgan fingerprint density at radius 3 is 2.31 bits per heavy atom. The average molecular weight is 227 g/mol. The summed E-state index contributed by atoms with van der Waals surface area (Å²) in [4.78, 5) is 22.4. The number of nitrogens with two attached hydrogens (primary N) is 2. The van der Waals surface area contributed by atoms with Crippen molar-refractivity contribution >= 4 is 11.8 Å². The van der Waals surface area contributed by atoms with Crippen LogP contribution in [0.1, 0.15) is 38.5 Å². The third-order valence-electron chi connectivity index (χ3n) is 3.10. The first-order valence-corrected chi connectivity index (χ1v) is 5.92. The van der Waals surface area contributed by atoms with Gasteiger partial charge in [-0.3, -0.25) is 9.59 Å². The van der Waals surface area contributed by atoms with E-state index < -0.39 is 0 Å². The van der Waals surface area contributed by atoms with Gasteiger partial charge in [-0.15, -0.1) is 0 Å². The minimum Gasteiger partial charge on any atom is -0.369 e. The van der Waals surface area contributed by atoms with Crippen LogP contribution in [-0.4, -0.2) is 24.4 Å². The molecule has 5 heteroatoms. The van der Waals surface area contributed by atoms with Gasteiger partial charge in [-0.25, -0.2) is 0 Å². The molecular weight excluding hydrogens is 206 g/mol. The third kappa shape index (κ3) is 4.18. The largest absolute Gasteiger partial charge is 0.369 e. The summed E-state index contributed by atoms with van der Waals surface area (Å²) in [5.74, 6) is -0.155. The fourth-order valence-electron chi connectivity index (χ4n) is 2.08. The molecule has 0 atom stereocenters. The Balaban J connectivity index is 2.21. The van der Waals surface area contributed by atoms with Crippen molar-refractivity contribution in [3.63, 3.8) is 0 Å². The second kappa shape index (κ2) is 6.48. The van der Waals surface area contributed by atoms with Crippen LogP contribution in [0.4, 0.5) is 0 Å². The molecule has 0 aromatic heterocycles. The first kappa shape index (κ1) is 13.0. The van der Waals surface area contributed by atoms with E-state index in [1.165, 1.54) is 0 Å². The molecule has 0 aliphatic heterocycles.